The highest BCUT2D eigenvalue weighted by Gasteiger charge is 2.16. The second-order valence-corrected chi connectivity index (χ2v) is 4.72. The summed E-state index contributed by atoms with van der Waals surface area (Å²) < 4.78 is 4.87. The van der Waals surface area contributed by atoms with Crippen LogP contribution in [-0.4, -0.2) is 37.2 Å². The van der Waals surface area contributed by atoms with Gasteiger partial charge in [-0.1, -0.05) is 0 Å². The lowest BCUT2D eigenvalue weighted by molar-refractivity contribution is -0.123. The predicted molar refractivity (Wildman–Crippen MR) is 68.0 cm³/mol. The number of carbonyl (C=O) groups excluding carboxylic acids is 1. The second kappa shape index (κ2) is 7.37. The molecule has 1 aromatic heterocycles. The monoisotopic (exact) mass is 257 g/mol. The summed E-state index contributed by atoms with van der Waals surface area (Å²) in [6.45, 7) is 4.94. The number of amides is 1. The fourth-order valence-corrected chi connectivity index (χ4v) is 2.04. The first kappa shape index (κ1) is 14.1. The number of hydrogen-bond acceptors (Lipinski definition) is 5. The minimum atomic E-state index is -0.232. The normalized spacial score (nSPS) is 14.3. The van der Waals surface area contributed by atoms with Crippen molar-refractivity contribution in [1.29, 1.82) is 0 Å². The van der Waals surface area contributed by atoms with E-state index in [1.165, 1.54) is 0 Å². The highest BCUT2D eigenvalue weighted by molar-refractivity contribution is 7.09. The molecular formula is C11H19N3O2S. The third-order valence-electron chi connectivity index (χ3n) is 2.38. The third-order valence-corrected chi connectivity index (χ3v) is 3.34. The second-order valence-electron chi connectivity index (χ2n) is 3.80. The lowest BCUT2D eigenvalue weighted by atomic mass is 10.2. The SMILES string of the molecule is COCCNC(=O)C(C)NC(C)c1cncs1. The molecule has 17 heavy (non-hydrogen) atoms. The van der Waals surface area contributed by atoms with Gasteiger partial charge in [0.15, 0.2) is 0 Å². The van der Waals surface area contributed by atoms with Gasteiger partial charge in [0.25, 0.3) is 0 Å². The van der Waals surface area contributed by atoms with Crippen LogP contribution in [0.3, 0.4) is 0 Å². The van der Waals surface area contributed by atoms with Gasteiger partial charge in [0, 0.05) is 30.8 Å². The highest BCUT2D eigenvalue weighted by Crippen LogP contribution is 2.16. The van der Waals surface area contributed by atoms with Crippen molar-refractivity contribution in [2.24, 2.45) is 0 Å². The number of nitrogens with zero attached hydrogens (tertiary/aromatic N) is 1. The number of carbonyl (C=O) groups is 1. The van der Waals surface area contributed by atoms with Crippen LogP contribution in [0.4, 0.5) is 0 Å². The number of methoxy groups -OCH3 is 1. The Morgan fingerprint density at radius 3 is 2.94 bits per heavy atom. The molecule has 2 N–H and O–H groups in total. The van der Waals surface area contributed by atoms with Crippen molar-refractivity contribution in [3.05, 3.63) is 16.6 Å². The van der Waals surface area contributed by atoms with Crippen molar-refractivity contribution in [2.45, 2.75) is 25.9 Å². The first-order valence-corrected chi connectivity index (χ1v) is 6.44. The number of aromatic nitrogens is 1. The molecule has 2 unspecified atom stereocenters. The van der Waals surface area contributed by atoms with Crippen LogP contribution in [0.5, 0.6) is 0 Å². The first-order chi connectivity index (χ1) is 8.15. The Hall–Kier alpha value is -0.980. The van der Waals surface area contributed by atoms with Crippen molar-refractivity contribution >= 4 is 17.2 Å². The molecule has 1 aromatic rings. The van der Waals surface area contributed by atoms with Crippen LogP contribution in [0.15, 0.2) is 11.7 Å². The number of thiazole rings is 1. The van der Waals surface area contributed by atoms with Gasteiger partial charge in [-0.2, -0.15) is 0 Å². The van der Waals surface area contributed by atoms with Crippen molar-refractivity contribution < 1.29 is 9.53 Å². The fraction of sp³-hybridized carbons (Fsp3) is 0.636. The molecule has 0 saturated carbocycles. The molecule has 0 aromatic carbocycles. The maximum atomic E-state index is 11.7. The minimum absolute atomic E-state index is 0.0154. The van der Waals surface area contributed by atoms with Gasteiger partial charge in [-0.3, -0.25) is 15.1 Å². The van der Waals surface area contributed by atoms with E-state index in [0.717, 1.165) is 4.88 Å². The molecule has 1 rings (SSSR count). The lowest BCUT2D eigenvalue weighted by Gasteiger charge is -2.18. The molecule has 0 spiro atoms. The molecule has 96 valence electrons. The largest absolute Gasteiger partial charge is 0.383 e. The van der Waals surface area contributed by atoms with Gasteiger partial charge in [-0.15, -0.1) is 11.3 Å². The van der Waals surface area contributed by atoms with E-state index in [4.69, 9.17) is 4.74 Å². The third kappa shape index (κ3) is 4.80. The summed E-state index contributed by atoms with van der Waals surface area (Å²) in [6, 6.07) is -0.102. The maximum Gasteiger partial charge on any atom is 0.236 e. The van der Waals surface area contributed by atoms with E-state index < -0.39 is 0 Å². The molecule has 0 saturated heterocycles. The van der Waals surface area contributed by atoms with E-state index in [2.05, 4.69) is 15.6 Å². The molecular weight excluding hydrogens is 238 g/mol. The summed E-state index contributed by atoms with van der Waals surface area (Å²) in [6.07, 6.45) is 1.82. The van der Waals surface area contributed by atoms with Crippen molar-refractivity contribution in [1.82, 2.24) is 15.6 Å². The van der Waals surface area contributed by atoms with Crippen LogP contribution < -0.4 is 10.6 Å². The first-order valence-electron chi connectivity index (χ1n) is 5.56. The van der Waals surface area contributed by atoms with Gasteiger partial charge < -0.3 is 10.1 Å². The minimum Gasteiger partial charge on any atom is -0.383 e. The molecule has 0 aliphatic heterocycles. The van der Waals surface area contributed by atoms with E-state index in [1.54, 1.807) is 24.0 Å². The van der Waals surface area contributed by atoms with Gasteiger partial charge in [0.2, 0.25) is 5.91 Å². The highest BCUT2D eigenvalue weighted by atomic mass is 32.1. The quantitative estimate of drug-likeness (QED) is 0.714. The van der Waals surface area contributed by atoms with Crippen molar-refractivity contribution in [3.8, 4) is 0 Å². The van der Waals surface area contributed by atoms with Crippen LogP contribution >= 0.6 is 11.3 Å². The van der Waals surface area contributed by atoms with Crippen LogP contribution in [0, 0.1) is 0 Å². The van der Waals surface area contributed by atoms with Crippen LogP contribution in [-0.2, 0) is 9.53 Å². The number of rotatable bonds is 7. The zero-order valence-electron chi connectivity index (χ0n) is 10.4. The number of nitrogens with one attached hydrogen (secondary N) is 2. The zero-order chi connectivity index (χ0) is 12.7. The van der Waals surface area contributed by atoms with Crippen LogP contribution in [0.2, 0.25) is 0 Å². The predicted octanol–water partition coefficient (Wildman–Crippen LogP) is 0.945. The van der Waals surface area contributed by atoms with Crippen LogP contribution in [0.1, 0.15) is 24.8 Å². The Morgan fingerprint density at radius 1 is 1.59 bits per heavy atom. The molecule has 1 heterocycles. The Bertz CT molecular complexity index is 329. The van der Waals surface area contributed by atoms with Gasteiger partial charge in [0.1, 0.15) is 0 Å². The standard InChI is InChI=1S/C11H19N3O2S/c1-8(10-6-12-7-17-10)14-9(2)11(15)13-4-5-16-3/h6-9,14H,4-5H2,1-3H3,(H,13,15). The lowest BCUT2D eigenvalue weighted by Crippen LogP contribution is -2.43. The Labute approximate surface area is 106 Å². The summed E-state index contributed by atoms with van der Waals surface area (Å²) in [5.41, 5.74) is 1.79. The Kier molecular flexibility index (Phi) is 6.10. The van der Waals surface area contributed by atoms with E-state index >= 15 is 0 Å². The summed E-state index contributed by atoms with van der Waals surface area (Å²) in [4.78, 5) is 16.8. The fourth-order valence-electron chi connectivity index (χ4n) is 1.40. The van der Waals surface area contributed by atoms with Gasteiger partial charge in [0.05, 0.1) is 18.2 Å². The average molecular weight is 257 g/mol. The smallest absolute Gasteiger partial charge is 0.236 e. The summed E-state index contributed by atoms with van der Waals surface area (Å²) in [5.74, 6) is -0.0154. The topological polar surface area (TPSA) is 63.2 Å². The van der Waals surface area contributed by atoms with Crippen LogP contribution in [0.25, 0.3) is 0 Å². The summed E-state index contributed by atoms with van der Waals surface area (Å²) in [7, 11) is 1.61. The summed E-state index contributed by atoms with van der Waals surface area (Å²) >= 11 is 1.58. The molecule has 6 heteroatoms. The average Bonchev–Trinajstić information content (AvgIpc) is 2.82. The molecule has 0 aliphatic carbocycles. The molecule has 0 radical (unpaired) electrons. The molecule has 5 nitrogen and oxygen atoms in total. The molecule has 0 aliphatic rings. The van der Waals surface area contributed by atoms with Gasteiger partial charge in [-0.25, -0.2) is 0 Å². The molecule has 0 bridgehead atoms. The molecule has 1 amide bonds. The van der Waals surface area contributed by atoms with Gasteiger partial charge >= 0.3 is 0 Å². The molecule has 0 fully saturated rings. The zero-order valence-corrected chi connectivity index (χ0v) is 11.2. The molecule has 2 atom stereocenters. The van der Waals surface area contributed by atoms with E-state index in [-0.39, 0.29) is 18.0 Å². The van der Waals surface area contributed by atoms with Gasteiger partial charge in [-0.05, 0) is 13.8 Å². The summed E-state index contributed by atoms with van der Waals surface area (Å²) in [5, 5.41) is 6.02. The number of hydrogen-bond donors (Lipinski definition) is 2. The van der Waals surface area contributed by atoms with E-state index in [1.807, 2.05) is 20.0 Å². The maximum absolute atomic E-state index is 11.7. The van der Waals surface area contributed by atoms with Crippen molar-refractivity contribution in [3.63, 3.8) is 0 Å². The number of ether oxygens (including phenoxy) is 1. The van der Waals surface area contributed by atoms with Crippen molar-refractivity contribution in [2.75, 3.05) is 20.3 Å². The Morgan fingerprint density at radius 2 is 2.35 bits per heavy atom. The van der Waals surface area contributed by atoms with E-state index in [0.29, 0.717) is 13.2 Å². The Balaban J connectivity index is 2.32. The van der Waals surface area contributed by atoms with E-state index in [9.17, 15) is 4.79 Å².